The first-order valence-corrected chi connectivity index (χ1v) is 12.5. The third kappa shape index (κ3) is 5.91. The highest BCUT2D eigenvalue weighted by atomic mass is 79.9. The number of carbonyl (C=O) groups excluding carboxylic acids is 2. The lowest BCUT2D eigenvalue weighted by atomic mass is 10.1. The van der Waals surface area contributed by atoms with Crippen molar-refractivity contribution in [1.82, 2.24) is 40.3 Å². The van der Waals surface area contributed by atoms with Crippen molar-refractivity contribution >= 4 is 49.4 Å². The predicted octanol–water partition coefficient (Wildman–Crippen LogP) is 4.16. The molecule has 4 rings (SSSR count). The van der Waals surface area contributed by atoms with E-state index in [2.05, 4.69) is 68.0 Å². The average molecular weight is 657 g/mol. The standard InChI is InChI=1S/C22H18Br2F3N9O2/c1-3-28-19(37)14-8-12(23)7-11(2)17(14)30-20(38)16-9-13(10-35-33-21(31-34-35)22(25,26)27)32-36(16)18-15(24)5-4-6-29-18/h4-9H,3,10H2,1-2H3,(H,28,37)(H,30,38). The van der Waals surface area contributed by atoms with Crippen molar-refractivity contribution in [1.29, 1.82) is 0 Å². The molecule has 0 unspecified atom stereocenters. The van der Waals surface area contributed by atoms with Crippen molar-refractivity contribution in [3.63, 3.8) is 0 Å². The summed E-state index contributed by atoms with van der Waals surface area (Å²) in [6.07, 6.45) is -3.27. The number of carbonyl (C=O) groups is 2. The highest BCUT2D eigenvalue weighted by Crippen LogP contribution is 2.28. The summed E-state index contributed by atoms with van der Waals surface area (Å²) in [5, 5.41) is 19.6. The molecule has 3 aromatic heterocycles. The molecule has 0 aliphatic carbocycles. The van der Waals surface area contributed by atoms with E-state index in [1.165, 1.54) is 16.9 Å². The third-order valence-electron chi connectivity index (χ3n) is 5.06. The summed E-state index contributed by atoms with van der Waals surface area (Å²) in [7, 11) is 0. The first kappa shape index (κ1) is 27.4. The second-order valence-corrected chi connectivity index (χ2v) is 9.61. The maximum Gasteiger partial charge on any atom is 0.455 e. The zero-order chi connectivity index (χ0) is 27.6. The number of rotatable bonds is 7. The van der Waals surface area contributed by atoms with Crippen LogP contribution in [0.3, 0.4) is 0 Å². The molecular weight excluding hydrogens is 639 g/mol. The van der Waals surface area contributed by atoms with E-state index in [0.29, 0.717) is 21.1 Å². The van der Waals surface area contributed by atoms with Crippen LogP contribution in [0.1, 0.15) is 44.9 Å². The number of pyridine rings is 1. The Balaban J connectivity index is 1.74. The van der Waals surface area contributed by atoms with E-state index in [0.717, 1.165) is 4.80 Å². The average Bonchev–Trinajstić information content (AvgIpc) is 3.49. The highest BCUT2D eigenvalue weighted by molar-refractivity contribution is 9.10. The van der Waals surface area contributed by atoms with Crippen LogP contribution in [-0.2, 0) is 12.7 Å². The van der Waals surface area contributed by atoms with Crippen LogP contribution in [-0.4, -0.2) is 53.3 Å². The largest absolute Gasteiger partial charge is 0.455 e. The Bertz CT molecular complexity index is 1520. The normalized spacial score (nSPS) is 11.4. The van der Waals surface area contributed by atoms with Gasteiger partial charge in [0.1, 0.15) is 12.2 Å². The molecule has 0 bridgehead atoms. The van der Waals surface area contributed by atoms with Gasteiger partial charge in [0.25, 0.3) is 17.6 Å². The van der Waals surface area contributed by atoms with Gasteiger partial charge in [0, 0.05) is 17.2 Å². The maximum atomic E-state index is 13.5. The van der Waals surface area contributed by atoms with E-state index < -0.39 is 17.9 Å². The van der Waals surface area contributed by atoms with E-state index in [1.807, 2.05) is 0 Å². The Morgan fingerprint density at radius 2 is 1.87 bits per heavy atom. The number of amides is 2. The minimum absolute atomic E-state index is 0.000251. The van der Waals surface area contributed by atoms with Gasteiger partial charge in [0.2, 0.25) is 0 Å². The lowest BCUT2D eigenvalue weighted by Gasteiger charge is -2.15. The van der Waals surface area contributed by atoms with Crippen molar-refractivity contribution in [2.45, 2.75) is 26.6 Å². The zero-order valence-corrected chi connectivity index (χ0v) is 22.9. The Hall–Kier alpha value is -3.66. The number of nitrogens with zero attached hydrogens (tertiary/aromatic N) is 7. The van der Waals surface area contributed by atoms with Gasteiger partial charge in [-0.2, -0.15) is 23.1 Å². The highest BCUT2D eigenvalue weighted by Gasteiger charge is 2.37. The quantitative estimate of drug-likeness (QED) is 0.305. The fourth-order valence-electron chi connectivity index (χ4n) is 3.45. The zero-order valence-electron chi connectivity index (χ0n) is 19.7. The first-order chi connectivity index (χ1) is 18.0. The number of benzene rings is 1. The van der Waals surface area contributed by atoms with Gasteiger partial charge in [-0.3, -0.25) is 9.59 Å². The van der Waals surface area contributed by atoms with E-state index in [-0.39, 0.29) is 40.9 Å². The molecule has 11 nitrogen and oxygen atoms in total. The molecule has 0 aliphatic rings. The summed E-state index contributed by atoms with van der Waals surface area (Å²) in [6.45, 7) is 3.58. The summed E-state index contributed by atoms with van der Waals surface area (Å²) in [5.74, 6) is -2.17. The van der Waals surface area contributed by atoms with Gasteiger partial charge in [-0.25, -0.2) is 9.67 Å². The number of halogens is 5. The molecule has 38 heavy (non-hydrogen) atoms. The smallest absolute Gasteiger partial charge is 0.352 e. The molecule has 198 valence electrons. The van der Waals surface area contributed by atoms with Gasteiger partial charge in [0.15, 0.2) is 5.82 Å². The third-order valence-corrected chi connectivity index (χ3v) is 6.14. The van der Waals surface area contributed by atoms with Crippen LogP contribution >= 0.6 is 31.9 Å². The van der Waals surface area contributed by atoms with Gasteiger partial charge >= 0.3 is 6.18 Å². The minimum Gasteiger partial charge on any atom is -0.352 e. The summed E-state index contributed by atoms with van der Waals surface area (Å²) in [4.78, 5) is 31.2. The van der Waals surface area contributed by atoms with Crippen molar-refractivity contribution in [3.8, 4) is 5.82 Å². The van der Waals surface area contributed by atoms with E-state index in [4.69, 9.17) is 0 Å². The number of aryl methyl sites for hydroxylation is 1. The topological polar surface area (TPSA) is 133 Å². The summed E-state index contributed by atoms with van der Waals surface area (Å²) in [5.41, 5.74) is 1.30. The van der Waals surface area contributed by atoms with Gasteiger partial charge in [-0.1, -0.05) is 15.9 Å². The molecule has 0 aliphatic heterocycles. The molecule has 0 saturated heterocycles. The van der Waals surface area contributed by atoms with Crippen molar-refractivity contribution in [3.05, 3.63) is 73.8 Å². The summed E-state index contributed by atoms with van der Waals surface area (Å²) in [6, 6.07) is 8.05. The molecule has 16 heteroatoms. The molecule has 4 aromatic rings. The van der Waals surface area contributed by atoms with Crippen LogP contribution in [0.15, 0.2) is 45.5 Å². The Labute approximate surface area is 230 Å². The van der Waals surface area contributed by atoms with Crippen molar-refractivity contribution in [2.75, 3.05) is 11.9 Å². The molecule has 3 heterocycles. The van der Waals surface area contributed by atoms with Crippen LogP contribution in [0.25, 0.3) is 5.82 Å². The first-order valence-electron chi connectivity index (χ1n) is 10.9. The molecule has 0 atom stereocenters. The molecule has 1 aromatic carbocycles. The molecule has 2 N–H and O–H groups in total. The second kappa shape index (κ2) is 11.0. The fourth-order valence-corrected chi connectivity index (χ4v) is 4.45. The van der Waals surface area contributed by atoms with E-state index in [9.17, 15) is 22.8 Å². The predicted molar refractivity (Wildman–Crippen MR) is 136 cm³/mol. The van der Waals surface area contributed by atoms with E-state index >= 15 is 0 Å². The summed E-state index contributed by atoms with van der Waals surface area (Å²) < 4.78 is 41.0. The number of nitrogens with one attached hydrogen (secondary N) is 2. The van der Waals surface area contributed by atoms with Crippen LogP contribution in [0.2, 0.25) is 0 Å². The van der Waals surface area contributed by atoms with Crippen LogP contribution < -0.4 is 10.6 Å². The Morgan fingerprint density at radius 1 is 1.11 bits per heavy atom. The van der Waals surface area contributed by atoms with Crippen molar-refractivity contribution < 1.29 is 22.8 Å². The molecule has 0 fully saturated rings. The van der Waals surface area contributed by atoms with Crippen molar-refractivity contribution in [2.24, 2.45) is 0 Å². The molecule has 0 spiro atoms. The SMILES string of the molecule is CCNC(=O)c1cc(Br)cc(C)c1NC(=O)c1cc(Cn2nnc(C(F)(F)F)n2)nn1-c1ncccc1Br. The molecule has 2 amide bonds. The molecule has 0 saturated carbocycles. The Morgan fingerprint density at radius 3 is 2.53 bits per heavy atom. The Kier molecular flexibility index (Phi) is 7.91. The number of alkyl halides is 3. The number of tetrazole rings is 1. The van der Waals surface area contributed by atoms with Gasteiger partial charge in [-0.15, -0.1) is 10.2 Å². The minimum atomic E-state index is -4.76. The lowest BCUT2D eigenvalue weighted by Crippen LogP contribution is -2.26. The summed E-state index contributed by atoms with van der Waals surface area (Å²) >= 11 is 6.74. The number of hydrogen-bond donors (Lipinski definition) is 2. The second-order valence-electron chi connectivity index (χ2n) is 7.84. The monoisotopic (exact) mass is 655 g/mol. The molecular formula is C22H18Br2F3N9O2. The lowest BCUT2D eigenvalue weighted by molar-refractivity contribution is -0.145. The van der Waals surface area contributed by atoms with Crippen LogP contribution in [0.5, 0.6) is 0 Å². The van der Waals surface area contributed by atoms with Gasteiger partial charge in [0.05, 0.1) is 21.4 Å². The fraction of sp³-hybridized carbons (Fsp3) is 0.227. The number of aromatic nitrogens is 7. The van der Waals surface area contributed by atoms with Crippen LogP contribution in [0.4, 0.5) is 18.9 Å². The number of hydrogen-bond acceptors (Lipinski definition) is 7. The molecule has 0 radical (unpaired) electrons. The van der Waals surface area contributed by atoms with Gasteiger partial charge in [-0.05, 0) is 70.9 Å². The maximum absolute atomic E-state index is 13.5. The number of anilines is 1. The van der Waals surface area contributed by atoms with E-state index in [1.54, 1.807) is 38.1 Å². The van der Waals surface area contributed by atoms with Crippen LogP contribution in [0, 0.1) is 6.92 Å². The van der Waals surface area contributed by atoms with Gasteiger partial charge < -0.3 is 10.6 Å².